The van der Waals surface area contributed by atoms with Gasteiger partial charge in [-0.3, -0.25) is 9.59 Å². The molecule has 140 valence electrons. The quantitative estimate of drug-likeness (QED) is 0.750. The number of aliphatic carboxylic acids is 2. The molecular formula is C19H17FN2O5. The van der Waals surface area contributed by atoms with E-state index in [-0.39, 0.29) is 24.5 Å². The van der Waals surface area contributed by atoms with E-state index in [1.807, 2.05) is 0 Å². The highest BCUT2D eigenvalue weighted by atomic mass is 19.1. The van der Waals surface area contributed by atoms with Crippen LogP contribution in [0.1, 0.15) is 10.4 Å². The lowest BCUT2D eigenvalue weighted by Crippen LogP contribution is -2.65. The molecule has 0 radical (unpaired) electrons. The Labute approximate surface area is 154 Å². The highest BCUT2D eigenvalue weighted by Crippen LogP contribution is 2.22. The third-order valence-electron chi connectivity index (χ3n) is 4.46. The monoisotopic (exact) mass is 372 g/mol. The first-order chi connectivity index (χ1) is 12.9. The van der Waals surface area contributed by atoms with Gasteiger partial charge in [-0.15, -0.1) is 0 Å². The van der Waals surface area contributed by atoms with Crippen molar-refractivity contribution >= 4 is 17.8 Å². The van der Waals surface area contributed by atoms with Gasteiger partial charge in [-0.1, -0.05) is 24.3 Å². The van der Waals surface area contributed by atoms with Crippen LogP contribution in [0.25, 0.3) is 11.1 Å². The average Bonchev–Trinajstić information content (AvgIpc) is 2.67. The maximum Gasteiger partial charge on any atom is 0.328 e. The van der Waals surface area contributed by atoms with E-state index in [4.69, 9.17) is 0 Å². The Morgan fingerprint density at radius 3 is 2.00 bits per heavy atom. The number of hydrogen-bond acceptors (Lipinski definition) is 4. The predicted molar refractivity (Wildman–Crippen MR) is 93.7 cm³/mol. The number of carbonyl (C=O) groups excluding carboxylic acids is 1. The Bertz CT molecular complexity index is 867. The zero-order valence-electron chi connectivity index (χ0n) is 14.1. The number of rotatable bonds is 4. The number of carbonyl (C=O) groups is 3. The topological polar surface area (TPSA) is 107 Å². The standard InChI is InChI=1S/C19H17FN2O5/c20-14-7-5-12(6-8-14)11-1-3-13(4-2-11)17(23)22-10-9-21-15(18(24)25)16(22)19(26)27/h1-8,15-16,21H,9-10H2,(H,24,25)(H,26,27)/t15-,16+/m0/s1. The summed E-state index contributed by atoms with van der Waals surface area (Å²) < 4.78 is 13.0. The van der Waals surface area contributed by atoms with Gasteiger partial charge in [-0.25, -0.2) is 9.18 Å². The molecule has 0 unspecified atom stereocenters. The second kappa shape index (κ2) is 7.55. The van der Waals surface area contributed by atoms with Crippen LogP contribution in [0.3, 0.4) is 0 Å². The smallest absolute Gasteiger partial charge is 0.328 e. The van der Waals surface area contributed by atoms with E-state index in [0.29, 0.717) is 0 Å². The van der Waals surface area contributed by atoms with Crippen molar-refractivity contribution in [3.8, 4) is 11.1 Å². The fourth-order valence-corrected chi connectivity index (χ4v) is 3.11. The summed E-state index contributed by atoms with van der Waals surface area (Å²) in [5.41, 5.74) is 1.79. The Kier molecular flexibility index (Phi) is 5.18. The SMILES string of the molecule is O=C(O)[C@H]1NCCN(C(=O)c2ccc(-c3ccc(F)cc3)cc2)[C@H]1C(=O)O. The van der Waals surface area contributed by atoms with Gasteiger partial charge in [0.1, 0.15) is 11.9 Å². The van der Waals surface area contributed by atoms with Crippen LogP contribution in [-0.4, -0.2) is 58.1 Å². The molecule has 2 aromatic rings. The van der Waals surface area contributed by atoms with Crippen LogP contribution in [0, 0.1) is 5.82 Å². The number of carboxylic acid groups (broad SMARTS) is 2. The maximum absolute atomic E-state index is 13.0. The third-order valence-corrected chi connectivity index (χ3v) is 4.46. The van der Waals surface area contributed by atoms with Gasteiger partial charge in [-0.05, 0) is 35.4 Å². The molecule has 1 aliphatic heterocycles. The normalized spacial score (nSPS) is 19.5. The first kappa shape index (κ1) is 18.5. The molecule has 1 fully saturated rings. The molecule has 1 heterocycles. The first-order valence-corrected chi connectivity index (χ1v) is 8.24. The summed E-state index contributed by atoms with van der Waals surface area (Å²) >= 11 is 0. The molecule has 8 heteroatoms. The van der Waals surface area contributed by atoms with Crippen molar-refractivity contribution in [2.45, 2.75) is 12.1 Å². The molecule has 0 saturated carbocycles. The second-order valence-corrected chi connectivity index (χ2v) is 6.14. The molecule has 0 aliphatic carbocycles. The summed E-state index contributed by atoms with van der Waals surface area (Å²) in [6, 6.07) is 9.44. The largest absolute Gasteiger partial charge is 0.480 e. The highest BCUT2D eigenvalue weighted by Gasteiger charge is 2.43. The lowest BCUT2D eigenvalue weighted by Gasteiger charge is -2.37. The van der Waals surface area contributed by atoms with Crippen molar-refractivity contribution in [2.24, 2.45) is 0 Å². The van der Waals surface area contributed by atoms with Gasteiger partial charge < -0.3 is 20.4 Å². The number of nitrogens with zero attached hydrogens (tertiary/aromatic N) is 1. The minimum atomic E-state index is -1.50. The number of hydrogen-bond donors (Lipinski definition) is 3. The summed E-state index contributed by atoms with van der Waals surface area (Å²) in [6.07, 6.45) is 0. The molecule has 0 bridgehead atoms. The molecule has 0 aromatic heterocycles. The van der Waals surface area contributed by atoms with Crippen molar-refractivity contribution in [3.63, 3.8) is 0 Å². The lowest BCUT2D eigenvalue weighted by molar-refractivity contribution is -0.152. The molecule has 2 aromatic carbocycles. The van der Waals surface area contributed by atoms with Gasteiger partial charge in [0.2, 0.25) is 0 Å². The molecule has 1 amide bonds. The van der Waals surface area contributed by atoms with Crippen molar-refractivity contribution in [1.82, 2.24) is 10.2 Å². The van der Waals surface area contributed by atoms with Gasteiger partial charge >= 0.3 is 11.9 Å². The fourth-order valence-electron chi connectivity index (χ4n) is 3.11. The zero-order valence-corrected chi connectivity index (χ0v) is 14.1. The molecule has 3 N–H and O–H groups in total. The molecule has 1 aliphatic rings. The summed E-state index contributed by atoms with van der Waals surface area (Å²) in [6.45, 7) is 0.263. The Morgan fingerprint density at radius 1 is 0.926 bits per heavy atom. The van der Waals surface area contributed by atoms with Crippen LogP contribution in [0.5, 0.6) is 0 Å². The van der Waals surface area contributed by atoms with Crippen LogP contribution < -0.4 is 5.32 Å². The minimum Gasteiger partial charge on any atom is -0.480 e. The van der Waals surface area contributed by atoms with E-state index >= 15 is 0 Å². The first-order valence-electron chi connectivity index (χ1n) is 8.24. The minimum absolute atomic E-state index is 0.0826. The van der Waals surface area contributed by atoms with Gasteiger partial charge in [0.15, 0.2) is 6.04 Å². The fraction of sp³-hybridized carbons (Fsp3) is 0.211. The van der Waals surface area contributed by atoms with E-state index in [1.165, 1.54) is 24.3 Å². The number of piperazine rings is 1. The lowest BCUT2D eigenvalue weighted by atomic mass is 10.0. The summed E-state index contributed by atoms with van der Waals surface area (Å²) in [5.74, 6) is -3.62. The van der Waals surface area contributed by atoms with Crippen molar-refractivity contribution in [3.05, 3.63) is 59.9 Å². The van der Waals surface area contributed by atoms with E-state index in [9.17, 15) is 29.0 Å². The third kappa shape index (κ3) is 3.80. The number of amides is 1. The number of carboxylic acids is 2. The van der Waals surface area contributed by atoms with Gasteiger partial charge in [0.05, 0.1) is 0 Å². The molecule has 2 atom stereocenters. The van der Waals surface area contributed by atoms with Crippen LogP contribution >= 0.6 is 0 Å². The second-order valence-electron chi connectivity index (χ2n) is 6.14. The number of nitrogens with one attached hydrogen (secondary N) is 1. The van der Waals surface area contributed by atoms with Crippen LogP contribution in [0.4, 0.5) is 4.39 Å². The zero-order chi connectivity index (χ0) is 19.6. The van der Waals surface area contributed by atoms with Gasteiger partial charge in [0, 0.05) is 18.7 Å². The van der Waals surface area contributed by atoms with E-state index in [0.717, 1.165) is 16.0 Å². The van der Waals surface area contributed by atoms with Gasteiger partial charge in [0.25, 0.3) is 5.91 Å². The van der Waals surface area contributed by atoms with E-state index < -0.39 is 29.9 Å². The molecule has 0 spiro atoms. The molecule has 1 saturated heterocycles. The summed E-state index contributed by atoms with van der Waals surface area (Å²) in [5, 5.41) is 21.2. The molecular weight excluding hydrogens is 355 g/mol. The van der Waals surface area contributed by atoms with Gasteiger partial charge in [-0.2, -0.15) is 0 Å². The molecule has 27 heavy (non-hydrogen) atoms. The van der Waals surface area contributed by atoms with Crippen molar-refractivity contribution in [2.75, 3.05) is 13.1 Å². The van der Waals surface area contributed by atoms with Crippen molar-refractivity contribution < 1.29 is 29.0 Å². The molecule has 3 rings (SSSR count). The number of halogens is 1. The Balaban J connectivity index is 1.84. The van der Waals surface area contributed by atoms with Crippen LogP contribution in [0.15, 0.2) is 48.5 Å². The maximum atomic E-state index is 13.0. The average molecular weight is 372 g/mol. The van der Waals surface area contributed by atoms with E-state index in [1.54, 1.807) is 24.3 Å². The number of benzene rings is 2. The summed E-state index contributed by atoms with van der Waals surface area (Å²) in [7, 11) is 0. The predicted octanol–water partition coefficient (Wildman–Crippen LogP) is 1.44. The van der Waals surface area contributed by atoms with Crippen LogP contribution in [0.2, 0.25) is 0 Å². The summed E-state index contributed by atoms with van der Waals surface area (Å²) in [4.78, 5) is 36.7. The Morgan fingerprint density at radius 2 is 1.48 bits per heavy atom. The molecule has 7 nitrogen and oxygen atoms in total. The highest BCUT2D eigenvalue weighted by molar-refractivity contribution is 5.98. The van der Waals surface area contributed by atoms with Crippen molar-refractivity contribution in [1.29, 1.82) is 0 Å². The Hall–Kier alpha value is -3.26. The van der Waals surface area contributed by atoms with E-state index in [2.05, 4.69) is 5.32 Å². The van der Waals surface area contributed by atoms with Crippen LogP contribution in [-0.2, 0) is 9.59 Å².